The third-order valence-corrected chi connectivity index (χ3v) is 13.6. The maximum Gasteiger partial charge on any atom is 0.205 e. The molecule has 0 fully saturated rings. The van der Waals surface area contributed by atoms with Crippen molar-refractivity contribution < 1.29 is 4.43 Å². The number of aromatic nitrogens is 4. The van der Waals surface area contributed by atoms with Gasteiger partial charge in [0.25, 0.3) is 0 Å². The zero-order valence-corrected chi connectivity index (χ0v) is 27.7. The lowest BCUT2D eigenvalue weighted by Crippen LogP contribution is -2.40. The van der Waals surface area contributed by atoms with Gasteiger partial charge in [0.1, 0.15) is 0 Å². The second kappa shape index (κ2) is 12.4. The van der Waals surface area contributed by atoms with Gasteiger partial charge in [0, 0.05) is 5.56 Å². The summed E-state index contributed by atoms with van der Waals surface area (Å²) in [6.07, 6.45) is 0. The Morgan fingerprint density at radius 3 is 1.56 bits per heavy atom. The van der Waals surface area contributed by atoms with E-state index in [9.17, 15) is 0 Å². The van der Waals surface area contributed by atoms with Crippen LogP contribution in [0.2, 0.25) is 18.1 Å². The monoisotopic (exact) mass is 608 g/mol. The summed E-state index contributed by atoms with van der Waals surface area (Å²) in [5.41, 5.74) is 6.58. The molecule has 1 heterocycles. The highest BCUT2D eigenvalue weighted by Crippen LogP contribution is 2.41. The maximum atomic E-state index is 6.47. The molecule has 5 aromatic carbocycles. The van der Waals surface area contributed by atoms with Crippen molar-refractivity contribution in [2.45, 2.75) is 51.0 Å². The quantitative estimate of drug-likeness (QED) is 0.121. The Kier molecular flexibility index (Phi) is 8.36. The smallest absolute Gasteiger partial charge is 0.205 e. The van der Waals surface area contributed by atoms with Crippen LogP contribution >= 0.6 is 0 Å². The second-order valence-corrected chi connectivity index (χ2v) is 17.8. The minimum Gasteiger partial charge on any atom is -0.413 e. The Balaban J connectivity index is 1.41. The SMILES string of the molecule is CC(C)(C)[Si](C)(C)OCc1ccc(-c2ccccc2-c2nnn(C(c3ccccc3)(c3ccccc3)c3ccccc3)n2)cc1. The van der Waals surface area contributed by atoms with Crippen molar-refractivity contribution in [2.24, 2.45) is 0 Å². The van der Waals surface area contributed by atoms with Crippen LogP contribution in [0.3, 0.4) is 0 Å². The van der Waals surface area contributed by atoms with Gasteiger partial charge < -0.3 is 4.43 Å². The molecule has 0 amide bonds. The fourth-order valence-corrected chi connectivity index (χ4v) is 6.50. The third-order valence-electron chi connectivity index (χ3n) is 9.13. The topological polar surface area (TPSA) is 52.8 Å². The molecule has 1 aromatic heterocycles. The van der Waals surface area contributed by atoms with Gasteiger partial charge in [-0.25, -0.2) is 0 Å². The zero-order chi connectivity index (χ0) is 31.5. The molecule has 0 saturated carbocycles. The largest absolute Gasteiger partial charge is 0.413 e. The molecule has 0 aliphatic heterocycles. The first-order valence-electron chi connectivity index (χ1n) is 15.5. The molecule has 0 radical (unpaired) electrons. The van der Waals surface area contributed by atoms with Crippen molar-refractivity contribution >= 4 is 8.32 Å². The molecule has 0 aliphatic carbocycles. The lowest BCUT2D eigenvalue weighted by Gasteiger charge is -2.36. The highest BCUT2D eigenvalue weighted by molar-refractivity contribution is 6.74. The predicted octanol–water partition coefficient (Wildman–Crippen LogP) is 9.37. The highest BCUT2D eigenvalue weighted by Gasteiger charge is 2.41. The van der Waals surface area contributed by atoms with E-state index in [1.54, 1.807) is 4.80 Å². The second-order valence-electron chi connectivity index (χ2n) is 13.0. The predicted molar refractivity (Wildman–Crippen MR) is 185 cm³/mol. The van der Waals surface area contributed by atoms with E-state index in [1.165, 1.54) is 5.56 Å². The average Bonchev–Trinajstić information content (AvgIpc) is 3.56. The molecular formula is C39H40N4OSi. The van der Waals surface area contributed by atoms with Gasteiger partial charge in [0.2, 0.25) is 5.82 Å². The summed E-state index contributed by atoms with van der Waals surface area (Å²) in [7, 11) is -1.83. The van der Waals surface area contributed by atoms with Gasteiger partial charge in [-0.3, -0.25) is 0 Å². The van der Waals surface area contributed by atoms with Gasteiger partial charge in [-0.15, -0.1) is 15.0 Å². The summed E-state index contributed by atoms with van der Waals surface area (Å²) in [5.74, 6) is 0.572. The number of hydrogen-bond donors (Lipinski definition) is 0. The molecule has 0 aliphatic rings. The molecular weight excluding hydrogens is 569 g/mol. The molecule has 5 nitrogen and oxygen atoms in total. The minimum atomic E-state index is -1.83. The average molecular weight is 609 g/mol. The van der Waals surface area contributed by atoms with Crippen molar-refractivity contribution in [2.75, 3.05) is 0 Å². The fourth-order valence-electron chi connectivity index (χ4n) is 5.54. The summed E-state index contributed by atoms with van der Waals surface area (Å²) in [4.78, 5) is 1.78. The van der Waals surface area contributed by atoms with Gasteiger partial charge in [-0.1, -0.05) is 160 Å². The molecule has 6 aromatic rings. The van der Waals surface area contributed by atoms with Gasteiger partial charge in [0.05, 0.1) is 6.61 Å². The Morgan fingerprint density at radius 2 is 1.07 bits per heavy atom. The van der Waals surface area contributed by atoms with E-state index in [0.29, 0.717) is 12.4 Å². The lowest BCUT2D eigenvalue weighted by atomic mass is 9.77. The highest BCUT2D eigenvalue weighted by atomic mass is 28.4. The molecule has 6 heteroatoms. The van der Waals surface area contributed by atoms with Crippen LogP contribution in [0.4, 0.5) is 0 Å². The van der Waals surface area contributed by atoms with Crippen molar-refractivity contribution in [3.05, 3.63) is 162 Å². The van der Waals surface area contributed by atoms with Crippen molar-refractivity contribution in [1.82, 2.24) is 20.2 Å². The molecule has 6 rings (SSSR count). The molecule has 45 heavy (non-hydrogen) atoms. The van der Waals surface area contributed by atoms with Crippen LogP contribution in [0.15, 0.2) is 140 Å². The lowest BCUT2D eigenvalue weighted by molar-refractivity contribution is 0.276. The standard InChI is InChI=1S/C39H40N4OSi/c1-38(2,3)45(4,5)44-29-30-25-27-31(28-26-30)35-23-15-16-24-36(35)37-40-42-43(41-37)39(32-17-9-6-10-18-32,33-19-11-7-12-20-33)34-21-13-8-14-22-34/h6-28H,29H2,1-5H3. The number of nitrogens with zero attached hydrogens (tertiary/aromatic N) is 4. The van der Waals surface area contributed by atoms with Crippen LogP contribution in [0.5, 0.6) is 0 Å². The van der Waals surface area contributed by atoms with Gasteiger partial charge in [-0.05, 0) is 56.7 Å². The summed E-state index contributed by atoms with van der Waals surface area (Å²) in [5, 5.41) is 14.8. The van der Waals surface area contributed by atoms with Crippen LogP contribution in [-0.2, 0) is 16.6 Å². The molecule has 0 N–H and O–H groups in total. The van der Waals surface area contributed by atoms with Gasteiger partial charge >= 0.3 is 0 Å². The minimum absolute atomic E-state index is 0.176. The maximum absolute atomic E-state index is 6.47. The van der Waals surface area contributed by atoms with Crippen LogP contribution < -0.4 is 0 Å². The summed E-state index contributed by atoms with van der Waals surface area (Å²) >= 11 is 0. The van der Waals surface area contributed by atoms with E-state index in [0.717, 1.165) is 33.4 Å². The van der Waals surface area contributed by atoms with E-state index >= 15 is 0 Å². The molecule has 0 bridgehead atoms. The summed E-state index contributed by atoms with van der Waals surface area (Å²) < 4.78 is 6.47. The zero-order valence-electron chi connectivity index (χ0n) is 26.7. The van der Waals surface area contributed by atoms with E-state index in [-0.39, 0.29) is 5.04 Å². The van der Waals surface area contributed by atoms with Crippen molar-refractivity contribution in [3.8, 4) is 22.5 Å². The Labute approximate surface area is 267 Å². The Hall–Kier alpha value is -4.65. The molecule has 0 spiro atoms. The van der Waals surface area contributed by atoms with Crippen molar-refractivity contribution in [3.63, 3.8) is 0 Å². The van der Waals surface area contributed by atoms with Gasteiger partial charge in [-0.2, -0.15) is 0 Å². The van der Waals surface area contributed by atoms with Gasteiger partial charge in [0.15, 0.2) is 13.9 Å². The van der Waals surface area contributed by atoms with E-state index < -0.39 is 13.9 Å². The van der Waals surface area contributed by atoms with Crippen LogP contribution in [-0.4, -0.2) is 28.5 Å². The van der Waals surface area contributed by atoms with E-state index in [2.05, 4.69) is 149 Å². The number of benzene rings is 5. The number of rotatable bonds is 9. The normalized spacial score (nSPS) is 12.3. The Morgan fingerprint density at radius 1 is 0.600 bits per heavy atom. The molecule has 0 atom stereocenters. The van der Waals surface area contributed by atoms with Crippen LogP contribution in [0.1, 0.15) is 43.0 Å². The first-order valence-corrected chi connectivity index (χ1v) is 18.4. The number of tetrazole rings is 1. The molecule has 0 saturated heterocycles. The Bertz CT molecular complexity index is 1750. The van der Waals surface area contributed by atoms with Crippen LogP contribution in [0, 0.1) is 0 Å². The fraction of sp³-hybridized carbons (Fsp3) is 0.205. The summed E-state index contributed by atoms with van der Waals surface area (Å²) in [6.45, 7) is 12.0. The third kappa shape index (κ3) is 5.91. The van der Waals surface area contributed by atoms with E-state index in [4.69, 9.17) is 19.8 Å². The van der Waals surface area contributed by atoms with Crippen molar-refractivity contribution in [1.29, 1.82) is 0 Å². The van der Waals surface area contributed by atoms with Crippen LogP contribution in [0.25, 0.3) is 22.5 Å². The summed E-state index contributed by atoms with van der Waals surface area (Å²) in [6, 6.07) is 48.2. The number of hydrogen-bond acceptors (Lipinski definition) is 4. The molecule has 226 valence electrons. The first kappa shape index (κ1) is 30.4. The first-order chi connectivity index (χ1) is 21.7. The molecule has 0 unspecified atom stereocenters. The van der Waals surface area contributed by atoms with E-state index in [1.807, 2.05) is 24.3 Å².